The van der Waals surface area contributed by atoms with Crippen molar-refractivity contribution in [1.29, 1.82) is 0 Å². The van der Waals surface area contributed by atoms with Crippen molar-refractivity contribution >= 4 is 5.97 Å². The Kier molecular flexibility index (Phi) is 3.10. The number of para-hydroxylation sites is 1. The lowest BCUT2D eigenvalue weighted by atomic mass is 10.1. The fourth-order valence-electron chi connectivity index (χ4n) is 1.74. The zero-order valence-corrected chi connectivity index (χ0v) is 8.89. The Morgan fingerprint density at radius 3 is 2.62 bits per heavy atom. The maximum atomic E-state index is 11.2. The number of carboxylic acid groups (broad SMARTS) is 1. The average Bonchev–Trinajstić information content (AvgIpc) is 2.31. The number of aliphatic carboxylic acids is 1. The number of benzene rings is 1. The lowest BCUT2D eigenvalue weighted by Gasteiger charge is -2.33. The van der Waals surface area contributed by atoms with Gasteiger partial charge in [-0.25, -0.2) is 4.79 Å². The summed E-state index contributed by atoms with van der Waals surface area (Å²) >= 11 is 0. The number of hydrogen-bond acceptors (Lipinski definition) is 3. The summed E-state index contributed by atoms with van der Waals surface area (Å²) < 4.78 is 10.8. The molecule has 16 heavy (non-hydrogen) atoms. The normalized spacial score (nSPS) is 25.0. The number of ether oxygens (including phenoxy) is 2. The van der Waals surface area contributed by atoms with Crippen molar-refractivity contribution in [2.75, 3.05) is 6.61 Å². The smallest absolute Gasteiger partial charge is 0.377 e. The summed E-state index contributed by atoms with van der Waals surface area (Å²) in [6.07, 6.45) is 2.07. The molecule has 0 spiro atoms. The molecule has 2 rings (SSSR count). The summed E-state index contributed by atoms with van der Waals surface area (Å²) in [6.45, 7) is 0.430. The first kappa shape index (κ1) is 11.0. The molecule has 0 aromatic heterocycles. The third-order valence-electron chi connectivity index (χ3n) is 2.59. The topological polar surface area (TPSA) is 55.8 Å². The predicted octanol–water partition coefficient (Wildman–Crippen LogP) is 2.05. The second-order valence-electron chi connectivity index (χ2n) is 3.78. The largest absolute Gasteiger partial charge is 0.476 e. The average molecular weight is 222 g/mol. The van der Waals surface area contributed by atoms with Gasteiger partial charge in [0.05, 0.1) is 6.61 Å². The van der Waals surface area contributed by atoms with Gasteiger partial charge in [-0.05, 0) is 25.0 Å². The Hall–Kier alpha value is -1.55. The van der Waals surface area contributed by atoms with E-state index in [1.807, 2.05) is 6.07 Å². The van der Waals surface area contributed by atoms with Crippen LogP contribution in [-0.4, -0.2) is 23.5 Å². The van der Waals surface area contributed by atoms with E-state index in [1.54, 1.807) is 24.3 Å². The van der Waals surface area contributed by atoms with Crippen LogP contribution in [0.1, 0.15) is 19.3 Å². The van der Waals surface area contributed by atoms with Gasteiger partial charge in [0, 0.05) is 6.42 Å². The summed E-state index contributed by atoms with van der Waals surface area (Å²) in [4.78, 5) is 11.2. The van der Waals surface area contributed by atoms with Crippen molar-refractivity contribution in [2.45, 2.75) is 25.0 Å². The second-order valence-corrected chi connectivity index (χ2v) is 3.78. The molecule has 0 bridgehead atoms. The fraction of sp³-hybridized carbons (Fsp3) is 0.417. The summed E-state index contributed by atoms with van der Waals surface area (Å²) in [5, 5.41) is 9.20. The Morgan fingerprint density at radius 1 is 1.31 bits per heavy atom. The molecule has 0 amide bonds. The zero-order valence-electron chi connectivity index (χ0n) is 8.89. The number of carbonyl (C=O) groups is 1. The van der Waals surface area contributed by atoms with Crippen LogP contribution in [0.25, 0.3) is 0 Å². The standard InChI is InChI=1S/C12H14O4/c13-11(14)12(8-4-5-9-15-12)16-10-6-2-1-3-7-10/h1-3,6-7H,4-5,8-9H2,(H,13,14). The minimum atomic E-state index is -1.50. The highest BCUT2D eigenvalue weighted by Crippen LogP contribution is 2.28. The molecule has 1 aliphatic heterocycles. The molecule has 1 aromatic rings. The summed E-state index contributed by atoms with van der Waals surface area (Å²) in [6, 6.07) is 8.90. The highest BCUT2D eigenvalue weighted by atomic mass is 16.7. The third kappa shape index (κ3) is 2.17. The maximum absolute atomic E-state index is 11.2. The summed E-state index contributed by atoms with van der Waals surface area (Å²) in [5.74, 6) is -2.04. The molecule has 0 radical (unpaired) electrons. The Morgan fingerprint density at radius 2 is 2.06 bits per heavy atom. The van der Waals surface area contributed by atoms with Crippen LogP contribution in [-0.2, 0) is 9.53 Å². The summed E-state index contributed by atoms with van der Waals surface area (Å²) in [7, 11) is 0. The molecule has 1 aromatic carbocycles. The Bertz CT molecular complexity index is 355. The molecular formula is C12H14O4. The van der Waals surface area contributed by atoms with Gasteiger partial charge < -0.3 is 14.6 Å². The molecule has 0 saturated carbocycles. The minimum Gasteiger partial charge on any atom is -0.476 e. The molecule has 1 N–H and O–H groups in total. The Balaban J connectivity index is 2.17. The fourth-order valence-corrected chi connectivity index (χ4v) is 1.74. The van der Waals surface area contributed by atoms with Crippen LogP contribution in [0.3, 0.4) is 0 Å². The van der Waals surface area contributed by atoms with Crippen molar-refractivity contribution in [2.24, 2.45) is 0 Å². The van der Waals surface area contributed by atoms with Gasteiger partial charge in [0.15, 0.2) is 0 Å². The van der Waals surface area contributed by atoms with Crippen LogP contribution in [0.5, 0.6) is 5.75 Å². The van der Waals surface area contributed by atoms with E-state index in [-0.39, 0.29) is 0 Å². The van der Waals surface area contributed by atoms with Gasteiger partial charge >= 0.3 is 11.8 Å². The first-order chi connectivity index (χ1) is 7.73. The SMILES string of the molecule is O=C(O)C1(Oc2ccccc2)CCCCO1. The highest BCUT2D eigenvalue weighted by molar-refractivity contribution is 5.76. The predicted molar refractivity (Wildman–Crippen MR) is 57.2 cm³/mol. The lowest BCUT2D eigenvalue weighted by Crippen LogP contribution is -2.49. The molecule has 4 nitrogen and oxygen atoms in total. The van der Waals surface area contributed by atoms with E-state index in [0.717, 1.165) is 12.8 Å². The molecule has 1 heterocycles. The van der Waals surface area contributed by atoms with Gasteiger partial charge in [-0.2, -0.15) is 0 Å². The molecule has 1 aliphatic rings. The van der Waals surface area contributed by atoms with Gasteiger partial charge in [-0.3, -0.25) is 0 Å². The van der Waals surface area contributed by atoms with Crippen LogP contribution in [0.4, 0.5) is 0 Å². The number of carboxylic acids is 1. The van der Waals surface area contributed by atoms with Crippen LogP contribution < -0.4 is 4.74 Å². The molecule has 1 saturated heterocycles. The zero-order chi connectivity index (χ0) is 11.4. The minimum absolute atomic E-state index is 0.386. The van der Waals surface area contributed by atoms with Gasteiger partial charge in [-0.15, -0.1) is 0 Å². The molecule has 1 unspecified atom stereocenters. The quantitative estimate of drug-likeness (QED) is 0.850. The molecule has 1 fully saturated rings. The molecular weight excluding hydrogens is 208 g/mol. The number of rotatable bonds is 3. The first-order valence-corrected chi connectivity index (χ1v) is 5.34. The maximum Gasteiger partial charge on any atom is 0.377 e. The second kappa shape index (κ2) is 4.53. The third-order valence-corrected chi connectivity index (χ3v) is 2.59. The lowest BCUT2D eigenvalue weighted by molar-refractivity contribution is -0.224. The van der Waals surface area contributed by atoms with E-state index in [9.17, 15) is 9.90 Å². The highest BCUT2D eigenvalue weighted by Gasteiger charge is 2.44. The molecule has 86 valence electrons. The monoisotopic (exact) mass is 222 g/mol. The van der Waals surface area contributed by atoms with Crippen molar-refractivity contribution in [1.82, 2.24) is 0 Å². The van der Waals surface area contributed by atoms with Gasteiger partial charge in [0.25, 0.3) is 0 Å². The molecule has 4 heteroatoms. The van der Waals surface area contributed by atoms with Crippen LogP contribution >= 0.6 is 0 Å². The molecule has 1 atom stereocenters. The van der Waals surface area contributed by atoms with Gasteiger partial charge in [-0.1, -0.05) is 18.2 Å². The van der Waals surface area contributed by atoms with E-state index in [4.69, 9.17) is 9.47 Å². The molecule has 0 aliphatic carbocycles. The van der Waals surface area contributed by atoms with Gasteiger partial charge in [0.1, 0.15) is 5.75 Å². The van der Waals surface area contributed by atoms with E-state index in [1.165, 1.54) is 0 Å². The van der Waals surface area contributed by atoms with E-state index in [2.05, 4.69) is 0 Å². The van der Waals surface area contributed by atoms with E-state index < -0.39 is 11.8 Å². The first-order valence-electron chi connectivity index (χ1n) is 5.34. The van der Waals surface area contributed by atoms with Crippen LogP contribution in [0.2, 0.25) is 0 Å². The van der Waals surface area contributed by atoms with Gasteiger partial charge in [0.2, 0.25) is 0 Å². The number of hydrogen-bond donors (Lipinski definition) is 1. The van der Waals surface area contributed by atoms with Crippen molar-refractivity contribution < 1.29 is 19.4 Å². The van der Waals surface area contributed by atoms with E-state index >= 15 is 0 Å². The van der Waals surface area contributed by atoms with Crippen molar-refractivity contribution in [3.8, 4) is 5.75 Å². The van der Waals surface area contributed by atoms with Crippen LogP contribution in [0, 0.1) is 0 Å². The van der Waals surface area contributed by atoms with E-state index in [0.29, 0.717) is 18.8 Å². The summed E-state index contributed by atoms with van der Waals surface area (Å²) in [5.41, 5.74) is 0. The van der Waals surface area contributed by atoms with Crippen molar-refractivity contribution in [3.63, 3.8) is 0 Å². The van der Waals surface area contributed by atoms with Crippen molar-refractivity contribution in [3.05, 3.63) is 30.3 Å². The van der Waals surface area contributed by atoms with Crippen LogP contribution in [0.15, 0.2) is 30.3 Å². The Labute approximate surface area is 93.8 Å².